The maximum absolute atomic E-state index is 10.7. The third kappa shape index (κ3) is 3.67. The molecule has 1 aliphatic rings. The maximum atomic E-state index is 10.7. The first-order valence-electron chi connectivity index (χ1n) is 10.8. The lowest BCUT2D eigenvalue weighted by Gasteiger charge is -2.28. The van der Waals surface area contributed by atoms with Gasteiger partial charge in [-0.15, -0.1) is 0 Å². The van der Waals surface area contributed by atoms with Crippen molar-refractivity contribution >= 4 is 34.6 Å². The predicted octanol–water partition coefficient (Wildman–Crippen LogP) is 5.73. The highest BCUT2D eigenvalue weighted by Gasteiger charge is 2.43. The summed E-state index contributed by atoms with van der Waals surface area (Å²) in [6.45, 7) is 4.02. The molecule has 6 nitrogen and oxygen atoms in total. The number of para-hydroxylation sites is 2. The Bertz CT molecular complexity index is 1390. The molecule has 1 aliphatic heterocycles. The summed E-state index contributed by atoms with van der Waals surface area (Å²) in [6.07, 6.45) is 1.75. The van der Waals surface area contributed by atoms with Gasteiger partial charge in [-0.1, -0.05) is 29.8 Å². The van der Waals surface area contributed by atoms with Gasteiger partial charge in [0.25, 0.3) is 0 Å². The Kier molecular flexibility index (Phi) is 5.67. The largest absolute Gasteiger partial charge is 0.506 e. The predicted molar refractivity (Wildman–Crippen MR) is 138 cm³/mol. The van der Waals surface area contributed by atoms with Gasteiger partial charge in [0, 0.05) is 22.6 Å². The molecule has 0 radical (unpaired) electrons. The fourth-order valence-electron chi connectivity index (χ4n) is 4.73. The number of nitrogens with zero attached hydrogens (tertiary/aromatic N) is 3. The van der Waals surface area contributed by atoms with Crippen LogP contribution in [0.5, 0.6) is 11.5 Å². The van der Waals surface area contributed by atoms with Gasteiger partial charge in [-0.3, -0.25) is 4.98 Å². The highest BCUT2D eigenvalue weighted by Crippen LogP contribution is 2.46. The van der Waals surface area contributed by atoms with E-state index < -0.39 is 0 Å². The van der Waals surface area contributed by atoms with E-state index in [4.69, 9.17) is 23.8 Å². The lowest BCUT2D eigenvalue weighted by Crippen LogP contribution is -2.29. The van der Waals surface area contributed by atoms with Gasteiger partial charge < -0.3 is 25.0 Å². The van der Waals surface area contributed by atoms with E-state index in [-0.39, 0.29) is 23.6 Å². The molecular weight excluding hydrogens is 468 g/mol. The van der Waals surface area contributed by atoms with Gasteiger partial charge in [-0.25, -0.2) is 0 Å². The van der Waals surface area contributed by atoms with Crippen molar-refractivity contribution in [3.63, 3.8) is 0 Å². The van der Waals surface area contributed by atoms with Crippen molar-refractivity contribution in [1.82, 2.24) is 14.9 Å². The molecular formula is C26H23ClN4O2S. The average molecular weight is 491 g/mol. The van der Waals surface area contributed by atoms with Crippen LogP contribution in [0, 0.1) is 13.8 Å². The Morgan fingerprint density at radius 3 is 2.41 bits per heavy atom. The van der Waals surface area contributed by atoms with E-state index >= 15 is 0 Å². The number of aromatic hydroxyl groups is 2. The summed E-state index contributed by atoms with van der Waals surface area (Å²) in [5.74, 6) is 0.274. The lowest BCUT2D eigenvalue weighted by atomic mass is 9.96. The van der Waals surface area contributed by atoms with Crippen LogP contribution in [0.1, 0.15) is 34.7 Å². The zero-order valence-electron chi connectivity index (χ0n) is 18.6. The summed E-state index contributed by atoms with van der Waals surface area (Å²) in [7, 11) is 0. The first kappa shape index (κ1) is 22.3. The summed E-state index contributed by atoms with van der Waals surface area (Å²) >= 11 is 12.1. The Labute approximate surface area is 208 Å². The van der Waals surface area contributed by atoms with Crippen molar-refractivity contribution in [2.24, 2.45) is 0 Å². The van der Waals surface area contributed by atoms with E-state index in [1.807, 2.05) is 53.6 Å². The summed E-state index contributed by atoms with van der Waals surface area (Å²) in [5.41, 5.74) is 4.93. The minimum absolute atomic E-state index is 0.0785. The first-order chi connectivity index (χ1) is 16.4. The van der Waals surface area contributed by atoms with Crippen LogP contribution in [-0.4, -0.2) is 24.9 Å². The highest BCUT2D eigenvalue weighted by molar-refractivity contribution is 7.80. The van der Waals surface area contributed by atoms with E-state index in [0.717, 1.165) is 22.6 Å². The van der Waals surface area contributed by atoms with Gasteiger partial charge >= 0.3 is 0 Å². The van der Waals surface area contributed by atoms with Crippen molar-refractivity contribution in [1.29, 1.82) is 0 Å². The standard InChI is InChI=1S/C26H23ClN4O2S/c1-15-13-18(16(2)30(15)20-8-3-4-9-22(20)32)25-24(19-7-5-6-12-28-19)29-26(34)31(25)21-14-17(27)10-11-23(21)33/h3-14,24-25,32-33H,1-2H3,(H,29,34)/t24-,25-/m1/s1. The number of pyridine rings is 1. The summed E-state index contributed by atoms with van der Waals surface area (Å²) in [6, 6.07) is 19.4. The topological polar surface area (TPSA) is 73.5 Å². The molecule has 0 saturated carbocycles. The van der Waals surface area contributed by atoms with Gasteiger partial charge in [-0.2, -0.15) is 0 Å². The number of hydrogen-bond acceptors (Lipinski definition) is 4. The number of anilines is 1. The molecule has 2 aromatic carbocycles. The molecule has 3 heterocycles. The SMILES string of the molecule is Cc1cc([C@@H]2[C@@H](c3ccccn3)NC(=S)N2c2cc(Cl)ccc2O)c(C)n1-c1ccccc1O. The number of rotatable bonds is 4. The Morgan fingerprint density at radius 1 is 0.941 bits per heavy atom. The summed E-state index contributed by atoms with van der Waals surface area (Å²) in [5, 5.41) is 25.6. The van der Waals surface area contributed by atoms with Crippen LogP contribution < -0.4 is 10.2 Å². The Morgan fingerprint density at radius 2 is 1.68 bits per heavy atom. The number of hydrogen-bond donors (Lipinski definition) is 3. The maximum Gasteiger partial charge on any atom is 0.174 e. The molecule has 0 bridgehead atoms. The Hall–Kier alpha value is -3.55. The minimum atomic E-state index is -0.322. The van der Waals surface area contributed by atoms with Crippen molar-refractivity contribution in [2.75, 3.05) is 4.90 Å². The molecule has 172 valence electrons. The molecule has 3 N–H and O–H groups in total. The zero-order valence-corrected chi connectivity index (χ0v) is 20.2. The summed E-state index contributed by atoms with van der Waals surface area (Å²) < 4.78 is 2.03. The van der Waals surface area contributed by atoms with Crippen molar-refractivity contribution in [3.8, 4) is 17.2 Å². The first-order valence-corrected chi connectivity index (χ1v) is 11.6. The highest BCUT2D eigenvalue weighted by atomic mass is 35.5. The van der Waals surface area contributed by atoms with Crippen LogP contribution in [0.2, 0.25) is 5.02 Å². The third-order valence-electron chi connectivity index (χ3n) is 6.21. The van der Waals surface area contributed by atoms with Crippen LogP contribution in [0.25, 0.3) is 5.69 Å². The van der Waals surface area contributed by atoms with Crippen LogP contribution in [0.15, 0.2) is 72.9 Å². The van der Waals surface area contributed by atoms with Crippen LogP contribution in [0.3, 0.4) is 0 Å². The van der Waals surface area contributed by atoms with Crippen LogP contribution >= 0.6 is 23.8 Å². The minimum Gasteiger partial charge on any atom is -0.506 e. The molecule has 34 heavy (non-hydrogen) atoms. The van der Waals surface area contributed by atoms with Crippen molar-refractivity contribution in [2.45, 2.75) is 25.9 Å². The lowest BCUT2D eigenvalue weighted by molar-refractivity contribution is 0.471. The van der Waals surface area contributed by atoms with Gasteiger partial charge in [0.1, 0.15) is 11.5 Å². The number of halogens is 1. The molecule has 5 rings (SSSR count). The second-order valence-electron chi connectivity index (χ2n) is 8.28. The second kappa shape index (κ2) is 8.66. The van der Waals surface area contributed by atoms with E-state index in [1.54, 1.807) is 36.5 Å². The second-order valence-corrected chi connectivity index (χ2v) is 9.10. The molecule has 8 heteroatoms. The fraction of sp³-hybridized carbons (Fsp3) is 0.154. The molecule has 2 aromatic heterocycles. The van der Waals surface area contributed by atoms with Gasteiger partial charge in [0.15, 0.2) is 5.11 Å². The number of nitrogens with one attached hydrogen (secondary N) is 1. The van der Waals surface area contributed by atoms with E-state index in [1.165, 1.54) is 0 Å². The van der Waals surface area contributed by atoms with Gasteiger partial charge in [-0.05, 0) is 80.2 Å². The van der Waals surface area contributed by atoms with E-state index in [9.17, 15) is 10.2 Å². The third-order valence-corrected chi connectivity index (χ3v) is 6.76. The summed E-state index contributed by atoms with van der Waals surface area (Å²) in [4.78, 5) is 6.48. The number of aryl methyl sites for hydroxylation is 1. The molecule has 2 atom stereocenters. The monoisotopic (exact) mass is 490 g/mol. The van der Waals surface area contributed by atoms with Gasteiger partial charge in [0.2, 0.25) is 0 Å². The zero-order chi connectivity index (χ0) is 24.0. The number of aromatic nitrogens is 2. The van der Waals surface area contributed by atoms with Crippen LogP contribution in [0.4, 0.5) is 5.69 Å². The molecule has 0 spiro atoms. The number of thiocarbonyl (C=S) groups is 1. The fourth-order valence-corrected chi connectivity index (χ4v) is 5.24. The molecule has 0 aliphatic carbocycles. The normalized spacial score (nSPS) is 17.7. The molecule has 0 amide bonds. The molecule has 1 fully saturated rings. The number of phenols is 2. The van der Waals surface area contributed by atoms with Crippen molar-refractivity contribution < 1.29 is 10.2 Å². The average Bonchev–Trinajstić information content (AvgIpc) is 3.32. The Balaban J connectivity index is 1.72. The molecule has 1 saturated heterocycles. The van der Waals surface area contributed by atoms with Crippen LogP contribution in [-0.2, 0) is 0 Å². The van der Waals surface area contributed by atoms with Crippen molar-refractivity contribution in [3.05, 3.63) is 101 Å². The number of benzene rings is 2. The van der Waals surface area contributed by atoms with E-state index in [0.29, 0.717) is 21.5 Å². The quantitative estimate of drug-likeness (QED) is 0.317. The molecule has 0 unspecified atom stereocenters. The number of phenolic OH excluding ortho intramolecular Hbond substituents is 2. The molecule has 4 aromatic rings. The smallest absolute Gasteiger partial charge is 0.174 e. The van der Waals surface area contributed by atoms with E-state index in [2.05, 4.69) is 16.4 Å². The van der Waals surface area contributed by atoms with Gasteiger partial charge in [0.05, 0.1) is 29.2 Å².